The number of aldehydes is 1. The average Bonchev–Trinajstić information content (AvgIpc) is 0.840. The Kier molecular flexibility index (Phi) is 28.6. The van der Waals surface area contributed by atoms with Crippen LogP contribution in [0, 0.1) is 11.6 Å². The van der Waals surface area contributed by atoms with Gasteiger partial charge in [0.25, 0.3) is 0 Å². The van der Waals surface area contributed by atoms with Gasteiger partial charge in [-0.1, -0.05) is 167 Å². The highest BCUT2D eigenvalue weighted by atomic mass is 28.4. The highest BCUT2D eigenvalue weighted by Crippen LogP contribution is 2.43. The molecule has 1 unspecified atom stereocenters. The summed E-state index contributed by atoms with van der Waals surface area (Å²) in [4.78, 5) is 36.6. The maximum atomic E-state index is 16.0. The molecule has 1 atom stereocenters. The molecular weight excluding hydrogens is 1180 g/mol. The van der Waals surface area contributed by atoms with Crippen LogP contribution in [0.4, 0.5) is 8.78 Å². The van der Waals surface area contributed by atoms with Crippen LogP contribution in [0.2, 0.25) is 36.3 Å². The van der Waals surface area contributed by atoms with E-state index in [0.717, 1.165) is 53.5 Å². The van der Waals surface area contributed by atoms with Crippen LogP contribution >= 0.6 is 0 Å². The number of ether oxygens (including phenoxy) is 5. The first kappa shape index (κ1) is 74.9. The monoisotopic (exact) mass is 1280 g/mol. The fourth-order valence-corrected chi connectivity index (χ4v) is 11.6. The Hall–Kier alpha value is -6.82. The van der Waals surface area contributed by atoms with Crippen LogP contribution in [0.1, 0.15) is 144 Å². The van der Waals surface area contributed by atoms with Crippen molar-refractivity contribution in [3.63, 3.8) is 0 Å². The summed E-state index contributed by atoms with van der Waals surface area (Å²) in [6, 6.07) is 33.6. The van der Waals surface area contributed by atoms with Crippen molar-refractivity contribution in [2.24, 2.45) is 0 Å². The highest BCUT2D eigenvalue weighted by Gasteiger charge is 2.38. The van der Waals surface area contributed by atoms with Crippen molar-refractivity contribution in [3.05, 3.63) is 167 Å². The normalized spacial score (nSPS) is 12.2. The number of halogens is 2. The minimum Gasteiger partial charge on any atom is -0.491 e. The maximum absolute atomic E-state index is 16.0. The molecule has 0 saturated heterocycles. The number of carbonyl (C=O) groups is 3. The van der Waals surface area contributed by atoms with Gasteiger partial charge in [-0.25, -0.2) is 18.4 Å². The van der Waals surface area contributed by atoms with Crippen LogP contribution in [0.3, 0.4) is 0 Å². The number of hydrogen-bond donors (Lipinski definition) is 0. The summed E-state index contributed by atoms with van der Waals surface area (Å²) in [5, 5.41) is 0.0991. The topological polar surface area (TPSA) is 116 Å². The molecule has 0 bridgehead atoms. The number of hydrogen-bond acceptors (Lipinski definition) is 10. The molecule has 91 heavy (non-hydrogen) atoms. The van der Waals surface area contributed by atoms with Crippen LogP contribution in [-0.4, -0.2) is 74.0 Å². The van der Waals surface area contributed by atoms with Crippen LogP contribution in [0.15, 0.2) is 133 Å². The molecule has 0 aliphatic rings. The summed E-state index contributed by atoms with van der Waals surface area (Å²) in [7, 11) is -4.02. The van der Waals surface area contributed by atoms with Gasteiger partial charge in [0, 0.05) is 64.3 Å². The molecular formula is C77H102F2O10Si2. The highest BCUT2D eigenvalue weighted by molar-refractivity contribution is 6.74. The van der Waals surface area contributed by atoms with Crippen LogP contribution < -0.4 is 18.9 Å². The zero-order valence-electron chi connectivity index (χ0n) is 57.4. The van der Waals surface area contributed by atoms with E-state index in [-0.39, 0.29) is 51.0 Å². The Balaban J connectivity index is 0.000000331. The van der Waals surface area contributed by atoms with Gasteiger partial charge in [-0.15, -0.1) is 0 Å². The predicted molar refractivity (Wildman–Crippen MR) is 374 cm³/mol. The van der Waals surface area contributed by atoms with Gasteiger partial charge in [0.1, 0.15) is 47.8 Å². The maximum Gasteiger partial charge on any atom is 0.338 e. The Morgan fingerprint density at radius 3 is 1.24 bits per heavy atom. The standard InChI is InChI=1S/C40H55FO5Si.C37H47FO5Si/c1-11-13-14-15-30-16-18-31(19-17-30)32-20-21-34(36(41)24-32)35-26-37(44-27-29(5)43-12-2)33(25-38(35)46-39(42)28(3)4)22-23-45-47(9,10)40(6,7)8;1-9-10-11-12-27-13-15-28(16-14-27)29-17-18-31(33(38)23-29)32-25-34(41-22-20-39)30(24-35(32)43-36(40)26(2)3)19-21-42-44(7,8)37(4,5)6/h16-21,24-26,29H,3,11-15,22-23,27H2,1-2,4-10H3;13-18,20,23-25H,2,9-12,19,21-22H2,1,3-8H3. The Bertz CT molecular complexity index is 3390. The summed E-state index contributed by atoms with van der Waals surface area (Å²) in [6.45, 7) is 42.4. The van der Waals surface area contributed by atoms with Crippen LogP contribution in [0.5, 0.6) is 23.0 Å². The fraction of sp³-hybridized carbons (Fsp3) is 0.442. The first-order chi connectivity index (χ1) is 42.9. The van der Waals surface area contributed by atoms with Crippen molar-refractivity contribution in [2.75, 3.05) is 33.0 Å². The molecule has 6 aromatic carbocycles. The molecule has 0 saturated carbocycles. The van der Waals surface area contributed by atoms with Gasteiger partial charge in [-0.05, 0) is 172 Å². The summed E-state index contributed by atoms with van der Waals surface area (Å²) in [5.41, 5.74) is 9.18. The van der Waals surface area contributed by atoms with Gasteiger partial charge < -0.3 is 32.5 Å². The summed E-state index contributed by atoms with van der Waals surface area (Å²) < 4.78 is 74.1. The van der Waals surface area contributed by atoms with Crippen molar-refractivity contribution >= 4 is 34.9 Å². The molecule has 492 valence electrons. The van der Waals surface area contributed by atoms with E-state index in [1.807, 2.05) is 50.2 Å². The number of carbonyl (C=O) groups excluding carboxylic acids is 3. The third-order valence-electron chi connectivity index (χ3n) is 17.2. The number of benzene rings is 6. The first-order valence-electron chi connectivity index (χ1n) is 32.4. The van der Waals surface area contributed by atoms with Crippen LogP contribution in [-0.2, 0) is 53.7 Å². The van der Waals surface area contributed by atoms with Crippen molar-refractivity contribution in [1.82, 2.24) is 0 Å². The van der Waals surface area contributed by atoms with Crippen molar-refractivity contribution < 1.29 is 55.7 Å². The van der Waals surface area contributed by atoms with Crippen molar-refractivity contribution in [2.45, 2.75) is 190 Å². The second-order valence-corrected chi connectivity index (χ2v) is 36.3. The second-order valence-electron chi connectivity index (χ2n) is 26.7. The van der Waals surface area contributed by atoms with E-state index in [2.05, 4.69) is 119 Å². The zero-order valence-corrected chi connectivity index (χ0v) is 59.4. The molecule has 0 radical (unpaired) electrons. The number of unbranched alkanes of at least 4 members (excludes halogenated alkanes) is 4. The SMILES string of the molecule is C=C(C)C(=O)Oc1cc(CCO[Si](C)(C)C(C)(C)C)c(OCC(C)OCC)cc1-c1ccc(-c2ccc(CCCCC)cc2)cc1F.C=C(C)C(=O)Oc1cc(CCO[Si](C)(C)C(C)(C)C)c(OCC=O)cc1-c1ccc(-c2ccc(CCCCC)cc2)cc1F. The molecule has 6 aromatic rings. The number of aryl methyl sites for hydroxylation is 2. The summed E-state index contributed by atoms with van der Waals surface area (Å²) >= 11 is 0. The van der Waals surface area contributed by atoms with Gasteiger partial charge in [0.15, 0.2) is 22.9 Å². The van der Waals surface area contributed by atoms with Crippen molar-refractivity contribution in [1.29, 1.82) is 0 Å². The summed E-state index contributed by atoms with van der Waals surface area (Å²) in [6.07, 6.45) is 10.7. The van der Waals surface area contributed by atoms with Gasteiger partial charge >= 0.3 is 11.9 Å². The molecule has 6 rings (SSSR count). The van der Waals surface area contributed by atoms with E-state index in [1.165, 1.54) is 48.9 Å². The van der Waals surface area contributed by atoms with E-state index >= 15 is 8.78 Å². The Labute approximate surface area is 545 Å². The lowest BCUT2D eigenvalue weighted by molar-refractivity contribution is -0.130. The average molecular weight is 1280 g/mol. The molecule has 0 N–H and O–H groups in total. The van der Waals surface area contributed by atoms with E-state index in [4.69, 9.17) is 32.5 Å². The summed E-state index contributed by atoms with van der Waals surface area (Å²) in [5.74, 6) is -0.694. The smallest absolute Gasteiger partial charge is 0.338 e. The van der Waals surface area contributed by atoms with Gasteiger partial charge in [0.2, 0.25) is 0 Å². The van der Waals surface area contributed by atoms with E-state index < -0.39 is 40.2 Å². The minimum atomic E-state index is -2.02. The molecule has 0 aromatic heterocycles. The van der Waals surface area contributed by atoms with Gasteiger partial charge in [-0.2, -0.15) is 0 Å². The lowest BCUT2D eigenvalue weighted by Crippen LogP contribution is -2.41. The fourth-order valence-electron chi connectivity index (χ4n) is 9.47. The lowest BCUT2D eigenvalue weighted by atomic mass is 9.96. The first-order valence-corrected chi connectivity index (χ1v) is 38.2. The Morgan fingerprint density at radius 2 is 0.901 bits per heavy atom. The molecule has 0 aliphatic carbocycles. The van der Waals surface area contributed by atoms with Crippen LogP contribution in [0.25, 0.3) is 44.5 Å². The minimum absolute atomic E-state index is 0.0379. The molecule has 10 nitrogen and oxygen atoms in total. The Morgan fingerprint density at radius 1 is 0.516 bits per heavy atom. The molecule has 0 spiro atoms. The third kappa shape index (κ3) is 22.2. The predicted octanol–water partition coefficient (Wildman–Crippen LogP) is 20.3. The van der Waals surface area contributed by atoms with Crippen molar-refractivity contribution in [3.8, 4) is 67.5 Å². The lowest BCUT2D eigenvalue weighted by Gasteiger charge is -2.36. The number of esters is 2. The largest absolute Gasteiger partial charge is 0.491 e. The van der Waals surface area contributed by atoms with Gasteiger partial charge in [-0.3, -0.25) is 4.79 Å². The zero-order chi connectivity index (χ0) is 67.3. The molecule has 0 fully saturated rings. The molecule has 0 aliphatic heterocycles. The van der Waals surface area contributed by atoms with Gasteiger partial charge in [0.05, 0.1) is 6.10 Å². The quantitative estimate of drug-likeness (QED) is 0.0101. The molecule has 0 heterocycles. The van der Waals surface area contributed by atoms with E-state index in [9.17, 15) is 14.4 Å². The van der Waals surface area contributed by atoms with E-state index in [0.29, 0.717) is 79.3 Å². The molecule has 14 heteroatoms. The van der Waals surface area contributed by atoms with E-state index in [1.54, 1.807) is 50.2 Å². The number of rotatable bonds is 32. The third-order valence-corrected chi connectivity index (χ3v) is 26.2. The second kappa shape index (κ2) is 34.7. The molecule has 0 amide bonds.